The molecule has 2 heterocycles. The van der Waals surface area contributed by atoms with Crippen molar-refractivity contribution in [3.05, 3.63) is 17.5 Å². The summed E-state index contributed by atoms with van der Waals surface area (Å²) in [5.74, 6) is -0.372. The highest BCUT2D eigenvalue weighted by Crippen LogP contribution is 2.13. The maximum Gasteiger partial charge on any atom is 0.358 e. The predicted octanol–water partition coefficient (Wildman–Crippen LogP) is 0.802. The number of ether oxygens (including phenoxy) is 1. The monoisotopic (exact) mass is 223 g/mol. The zero-order valence-corrected chi connectivity index (χ0v) is 9.77. The Labute approximate surface area is 95.0 Å². The summed E-state index contributed by atoms with van der Waals surface area (Å²) in [5, 5.41) is 4.14. The lowest BCUT2D eigenvalue weighted by Crippen LogP contribution is -2.20. The molecule has 0 unspecified atom stereocenters. The van der Waals surface area contributed by atoms with Gasteiger partial charge in [0.15, 0.2) is 5.69 Å². The van der Waals surface area contributed by atoms with E-state index in [1.54, 1.807) is 4.68 Å². The molecule has 2 rings (SSSR count). The van der Waals surface area contributed by atoms with Gasteiger partial charge >= 0.3 is 5.97 Å². The number of rotatable bonds is 3. The van der Waals surface area contributed by atoms with Gasteiger partial charge in [-0.15, -0.1) is 0 Å². The minimum Gasteiger partial charge on any atom is -0.464 e. The van der Waals surface area contributed by atoms with E-state index in [2.05, 4.69) is 14.7 Å². The van der Waals surface area contributed by atoms with Crippen molar-refractivity contribution in [2.45, 2.75) is 19.4 Å². The first-order chi connectivity index (χ1) is 7.70. The van der Waals surface area contributed by atoms with Gasteiger partial charge in [-0.25, -0.2) is 4.79 Å². The first-order valence-corrected chi connectivity index (χ1v) is 5.54. The normalized spacial score (nSPS) is 16.6. The average molecular weight is 223 g/mol. The number of esters is 1. The van der Waals surface area contributed by atoms with Gasteiger partial charge in [-0.2, -0.15) is 5.10 Å². The van der Waals surface area contributed by atoms with E-state index in [-0.39, 0.29) is 5.97 Å². The summed E-state index contributed by atoms with van der Waals surface area (Å²) in [6.45, 7) is 3.14. The summed E-state index contributed by atoms with van der Waals surface area (Å²) >= 11 is 0. The number of hydrogen-bond acceptors (Lipinski definition) is 4. The van der Waals surface area contributed by atoms with Gasteiger partial charge in [0.05, 0.1) is 12.8 Å². The Bertz CT molecular complexity index is 381. The third kappa shape index (κ3) is 2.24. The van der Waals surface area contributed by atoms with Gasteiger partial charge < -0.3 is 4.74 Å². The quantitative estimate of drug-likeness (QED) is 0.711. The van der Waals surface area contributed by atoms with Crippen molar-refractivity contribution in [3.63, 3.8) is 0 Å². The van der Waals surface area contributed by atoms with Crippen LogP contribution in [0.5, 0.6) is 0 Å². The fraction of sp³-hybridized carbons (Fsp3) is 0.636. The maximum absolute atomic E-state index is 11.3. The number of hydrogen-bond donors (Lipinski definition) is 0. The lowest BCUT2D eigenvalue weighted by Gasteiger charge is -2.13. The van der Waals surface area contributed by atoms with Crippen LogP contribution >= 0.6 is 0 Å². The van der Waals surface area contributed by atoms with Crippen molar-refractivity contribution in [2.24, 2.45) is 7.05 Å². The molecule has 5 nitrogen and oxygen atoms in total. The molecule has 1 aliphatic heterocycles. The Hall–Kier alpha value is -1.36. The fourth-order valence-electron chi connectivity index (χ4n) is 2.03. The summed E-state index contributed by atoms with van der Waals surface area (Å²) in [4.78, 5) is 13.7. The molecular weight excluding hydrogens is 206 g/mol. The van der Waals surface area contributed by atoms with E-state index in [1.807, 2.05) is 13.1 Å². The molecule has 88 valence electrons. The second-order valence-corrected chi connectivity index (χ2v) is 4.12. The molecule has 1 aliphatic rings. The fourth-order valence-corrected chi connectivity index (χ4v) is 2.03. The van der Waals surface area contributed by atoms with Crippen molar-refractivity contribution >= 4 is 5.97 Å². The summed E-state index contributed by atoms with van der Waals surface area (Å²) in [7, 11) is 3.23. The SMILES string of the molecule is COC(=O)c1cc(CN2CCCC2)n(C)n1. The molecule has 0 atom stereocenters. The molecule has 5 heteroatoms. The number of carbonyl (C=O) groups excluding carboxylic acids is 1. The molecule has 0 N–H and O–H groups in total. The van der Waals surface area contributed by atoms with E-state index < -0.39 is 0 Å². The number of aromatic nitrogens is 2. The Morgan fingerprint density at radius 3 is 2.81 bits per heavy atom. The topological polar surface area (TPSA) is 47.4 Å². The van der Waals surface area contributed by atoms with Crippen LogP contribution in [0.4, 0.5) is 0 Å². The first-order valence-electron chi connectivity index (χ1n) is 5.54. The van der Waals surface area contributed by atoms with Crippen LogP contribution in [-0.4, -0.2) is 40.8 Å². The van der Waals surface area contributed by atoms with Crippen LogP contribution in [0.1, 0.15) is 29.0 Å². The third-order valence-corrected chi connectivity index (χ3v) is 2.96. The van der Waals surface area contributed by atoms with Gasteiger partial charge in [0.2, 0.25) is 0 Å². The predicted molar refractivity (Wildman–Crippen MR) is 59.1 cm³/mol. The van der Waals surface area contributed by atoms with Gasteiger partial charge in [-0.3, -0.25) is 9.58 Å². The second kappa shape index (κ2) is 4.65. The largest absolute Gasteiger partial charge is 0.464 e. The number of carbonyl (C=O) groups is 1. The lowest BCUT2D eigenvalue weighted by molar-refractivity contribution is 0.0593. The first kappa shape index (κ1) is 11.1. The molecule has 1 aromatic rings. The molecule has 1 aromatic heterocycles. The lowest BCUT2D eigenvalue weighted by atomic mass is 10.3. The number of methoxy groups -OCH3 is 1. The molecule has 0 aliphatic carbocycles. The van der Waals surface area contributed by atoms with Gasteiger partial charge in [0.1, 0.15) is 0 Å². The highest BCUT2D eigenvalue weighted by atomic mass is 16.5. The number of aryl methyl sites for hydroxylation is 1. The smallest absolute Gasteiger partial charge is 0.358 e. The third-order valence-electron chi connectivity index (χ3n) is 2.96. The molecule has 0 spiro atoms. The van der Waals surface area contributed by atoms with Crippen LogP contribution < -0.4 is 0 Å². The van der Waals surface area contributed by atoms with Gasteiger partial charge in [-0.1, -0.05) is 0 Å². The molecule has 1 fully saturated rings. The van der Waals surface area contributed by atoms with Crippen LogP contribution in [-0.2, 0) is 18.3 Å². The van der Waals surface area contributed by atoms with Crippen molar-refractivity contribution in [2.75, 3.05) is 20.2 Å². The van der Waals surface area contributed by atoms with Crippen LogP contribution in [0.3, 0.4) is 0 Å². The highest BCUT2D eigenvalue weighted by molar-refractivity contribution is 5.87. The molecule has 1 saturated heterocycles. The standard InChI is InChI=1S/C11H17N3O2/c1-13-9(8-14-5-3-4-6-14)7-10(12-13)11(15)16-2/h7H,3-6,8H2,1-2H3. The molecule has 0 bridgehead atoms. The van der Waals surface area contributed by atoms with E-state index in [9.17, 15) is 4.79 Å². The van der Waals surface area contributed by atoms with Crippen molar-refractivity contribution < 1.29 is 9.53 Å². The van der Waals surface area contributed by atoms with E-state index in [1.165, 1.54) is 20.0 Å². The summed E-state index contributed by atoms with van der Waals surface area (Å²) < 4.78 is 6.40. The minimum absolute atomic E-state index is 0.372. The van der Waals surface area contributed by atoms with Crippen molar-refractivity contribution in [1.82, 2.24) is 14.7 Å². The second-order valence-electron chi connectivity index (χ2n) is 4.12. The molecule has 16 heavy (non-hydrogen) atoms. The summed E-state index contributed by atoms with van der Waals surface area (Å²) in [6, 6.07) is 1.81. The van der Waals surface area contributed by atoms with E-state index in [0.29, 0.717) is 5.69 Å². The van der Waals surface area contributed by atoms with Gasteiger partial charge in [0, 0.05) is 13.6 Å². The van der Waals surface area contributed by atoms with E-state index in [4.69, 9.17) is 0 Å². The van der Waals surface area contributed by atoms with Crippen LogP contribution in [0.2, 0.25) is 0 Å². The zero-order chi connectivity index (χ0) is 11.5. The van der Waals surface area contributed by atoms with E-state index in [0.717, 1.165) is 25.3 Å². The molecule has 0 aromatic carbocycles. The van der Waals surface area contributed by atoms with Gasteiger partial charge in [0.25, 0.3) is 0 Å². The number of likely N-dealkylation sites (tertiary alicyclic amines) is 1. The van der Waals surface area contributed by atoms with Gasteiger partial charge in [-0.05, 0) is 32.0 Å². The van der Waals surface area contributed by atoms with E-state index >= 15 is 0 Å². The number of nitrogens with zero attached hydrogens (tertiary/aromatic N) is 3. The summed E-state index contributed by atoms with van der Waals surface area (Å²) in [5.41, 5.74) is 1.45. The van der Waals surface area contributed by atoms with Crippen molar-refractivity contribution in [1.29, 1.82) is 0 Å². The van der Waals surface area contributed by atoms with Crippen LogP contribution in [0.15, 0.2) is 6.07 Å². The Morgan fingerprint density at radius 1 is 1.50 bits per heavy atom. The molecular formula is C11H17N3O2. The van der Waals surface area contributed by atoms with Crippen molar-refractivity contribution in [3.8, 4) is 0 Å². The molecule has 0 saturated carbocycles. The molecule has 0 amide bonds. The Balaban J connectivity index is 2.08. The average Bonchev–Trinajstić information content (AvgIpc) is 2.89. The highest BCUT2D eigenvalue weighted by Gasteiger charge is 2.17. The zero-order valence-electron chi connectivity index (χ0n) is 9.77. The molecule has 0 radical (unpaired) electrons. The summed E-state index contributed by atoms with van der Waals surface area (Å²) in [6.07, 6.45) is 2.53. The maximum atomic E-state index is 11.3. The van der Waals surface area contributed by atoms with Crippen LogP contribution in [0.25, 0.3) is 0 Å². The Kier molecular flexibility index (Phi) is 3.24. The minimum atomic E-state index is -0.372. The van der Waals surface area contributed by atoms with Crippen LogP contribution in [0, 0.1) is 0 Å². The Morgan fingerprint density at radius 2 is 2.19 bits per heavy atom.